The van der Waals surface area contributed by atoms with E-state index >= 15 is 0 Å². The number of hydrogen-bond acceptors (Lipinski definition) is 14. The number of hydrogen-bond donors (Lipinski definition) is 3. The van der Waals surface area contributed by atoms with Crippen molar-refractivity contribution < 1.29 is 73.5 Å². The zero-order valence-electron chi connectivity index (χ0n) is 42.4. The largest absolute Gasteiger partial charge is 0.497 e. The zero-order valence-corrected chi connectivity index (χ0v) is 43.3. The lowest BCUT2D eigenvalue weighted by molar-refractivity contribution is -0.185. The van der Waals surface area contributed by atoms with E-state index in [0.29, 0.717) is 33.1 Å². The van der Waals surface area contributed by atoms with Crippen LogP contribution >= 0.6 is 8.53 Å². The van der Waals surface area contributed by atoms with Gasteiger partial charge in [0.2, 0.25) is 0 Å². The Morgan fingerprint density at radius 1 is 0.789 bits per heavy atom. The van der Waals surface area contributed by atoms with E-state index in [1.165, 1.54) is 19.5 Å². The van der Waals surface area contributed by atoms with Gasteiger partial charge in [0, 0.05) is 50.5 Å². The second-order valence-electron chi connectivity index (χ2n) is 17.6. The Balaban J connectivity index is 1.56. The summed E-state index contributed by atoms with van der Waals surface area (Å²) in [5.74, 6) is -3.51. The third kappa shape index (κ3) is 15.8. The standard InChI is InChI=1S/C50H60F6N7O12P/c1-32(2)63(33(3)4)76(72-30-10-24-57)75-41-39(31-71-48(34-13-8-7-9-14-34,35-15-19-37(69-5)20-16-35)36-17-21-38(70-6)22-18-36)73-43(62-29-23-40(64)60-46(62)67)42(41)74-47(68)59-26-12-28-61(45(66)50(54,55)56)27-11-25-58-44(65)49(51,52)53/h7-9,13-23,29,32-33,39,41-43H,10-12,25-28,30-31H2,1-6H3,(H,58,65)(H,59,68)(H,60,64,67)/t39-,41-,42-,43-,76?/m1/s1. The van der Waals surface area contributed by atoms with Crippen LogP contribution in [0.3, 0.4) is 0 Å². The lowest BCUT2D eigenvalue weighted by atomic mass is 9.80. The number of aromatic nitrogens is 2. The van der Waals surface area contributed by atoms with Crippen molar-refractivity contribution in [3.05, 3.63) is 129 Å². The van der Waals surface area contributed by atoms with Crippen LogP contribution in [-0.4, -0.2) is 133 Å². The van der Waals surface area contributed by atoms with Crippen LogP contribution in [0.25, 0.3) is 0 Å². The van der Waals surface area contributed by atoms with Crippen molar-refractivity contribution in [2.24, 2.45) is 0 Å². The van der Waals surface area contributed by atoms with Crippen molar-refractivity contribution in [2.45, 2.75) is 102 Å². The van der Waals surface area contributed by atoms with Crippen molar-refractivity contribution >= 4 is 26.4 Å². The summed E-state index contributed by atoms with van der Waals surface area (Å²) >= 11 is 0. The number of halogens is 6. The summed E-state index contributed by atoms with van der Waals surface area (Å²) in [6.45, 7) is 4.58. The number of alkyl carbamates (subject to hydrolysis) is 1. The van der Waals surface area contributed by atoms with Gasteiger partial charge in [0.05, 0.1) is 39.9 Å². The van der Waals surface area contributed by atoms with E-state index in [4.69, 9.17) is 32.7 Å². The number of amides is 3. The first kappa shape index (κ1) is 60.3. The highest BCUT2D eigenvalue weighted by Crippen LogP contribution is 2.51. The van der Waals surface area contributed by atoms with Crippen LogP contribution in [0.4, 0.5) is 31.1 Å². The Morgan fingerprint density at radius 3 is 1.84 bits per heavy atom. The number of H-pyrrole nitrogens is 1. The van der Waals surface area contributed by atoms with Gasteiger partial charge in [0.1, 0.15) is 29.3 Å². The molecule has 1 aromatic heterocycles. The van der Waals surface area contributed by atoms with E-state index in [0.717, 1.165) is 16.8 Å². The van der Waals surface area contributed by atoms with Gasteiger partial charge in [-0.1, -0.05) is 54.6 Å². The fourth-order valence-electron chi connectivity index (χ4n) is 8.32. The van der Waals surface area contributed by atoms with E-state index < -0.39 is 113 Å². The first-order chi connectivity index (χ1) is 36.0. The van der Waals surface area contributed by atoms with Crippen LogP contribution in [0.15, 0.2) is 101 Å². The SMILES string of the molecule is COc1ccc(C(OC[C@H]2O[C@@H](n3ccc(=O)[nH]c3=O)[C@H](OC(=O)NCCCN(CCCNC(=O)C(F)(F)F)C(=O)C(F)(F)F)[C@@H]2OP(OCCC#N)N(C(C)C)C(C)C)(c2ccccc2)c2ccc(OC)cc2)cc1. The van der Waals surface area contributed by atoms with Crippen LogP contribution < -0.4 is 31.4 Å². The number of methoxy groups -OCH3 is 2. The van der Waals surface area contributed by atoms with Gasteiger partial charge in [-0.15, -0.1) is 0 Å². The summed E-state index contributed by atoms with van der Waals surface area (Å²) < 4.78 is 126. The number of aromatic amines is 1. The average Bonchev–Trinajstić information content (AvgIpc) is 3.72. The smallest absolute Gasteiger partial charge is 0.471 e. The molecule has 1 fully saturated rings. The molecule has 3 aromatic carbocycles. The Morgan fingerprint density at radius 2 is 1.34 bits per heavy atom. The van der Waals surface area contributed by atoms with Gasteiger partial charge < -0.3 is 48.3 Å². The third-order valence-electron chi connectivity index (χ3n) is 11.7. The van der Waals surface area contributed by atoms with Crippen LogP contribution in [0.1, 0.15) is 69.9 Å². The van der Waals surface area contributed by atoms with Crippen LogP contribution in [0.2, 0.25) is 0 Å². The Kier molecular flexibility index (Phi) is 21.8. The molecule has 5 rings (SSSR count). The number of carbonyl (C=O) groups excluding carboxylic acids is 3. The summed E-state index contributed by atoms with van der Waals surface area (Å²) in [4.78, 5) is 66.0. The molecule has 0 spiro atoms. The summed E-state index contributed by atoms with van der Waals surface area (Å²) in [5.41, 5.74) is -1.31. The maximum atomic E-state index is 14.0. The van der Waals surface area contributed by atoms with E-state index in [-0.39, 0.29) is 38.1 Å². The molecule has 76 heavy (non-hydrogen) atoms. The molecule has 1 unspecified atom stereocenters. The summed E-state index contributed by atoms with van der Waals surface area (Å²) in [6, 6.07) is 26.1. The minimum Gasteiger partial charge on any atom is -0.497 e. The molecule has 0 bridgehead atoms. The Labute approximate surface area is 435 Å². The van der Waals surface area contributed by atoms with Crippen molar-refractivity contribution in [2.75, 3.05) is 53.6 Å². The summed E-state index contributed by atoms with van der Waals surface area (Å²) in [7, 11) is 0.860. The number of nitrogens with zero attached hydrogens (tertiary/aromatic N) is 4. The van der Waals surface area contributed by atoms with Crippen LogP contribution in [0.5, 0.6) is 11.5 Å². The molecule has 1 aliphatic rings. The van der Waals surface area contributed by atoms with Gasteiger partial charge in [0.25, 0.3) is 14.1 Å². The molecule has 3 amide bonds. The highest BCUT2D eigenvalue weighted by Gasteiger charge is 2.53. The maximum absolute atomic E-state index is 14.0. The maximum Gasteiger partial charge on any atom is 0.471 e. The quantitative estimate of drug-likeness (QED) is 0.0248. The van der Waals surface area contributed by atoms with Crippen molar-refractivity contribution in [3.8, 4) is 17.6 Å². The molecule has 1 saturated heterocycles. The molecular formula is C50H60F6N7O12P. The van der Waals surface area contributed by atoms with Crippen molar-refractivity contribution in [1.29, 1.82) is 5.26 Å². The Bertz CT molecular complexity index is 2620. The van der Waals surface area contributed by atoms with Gasteiger partial charge in [-0.25, -0.2) is 14.3 Å². The van der Waals surface area contributed by atoms with E-state index in [9.17, 15) is 55.6 Å². The lowest BCUT2D eigenvalue weighted by Crippen LogP contribution is -2.46. The third-order valence-corrected chi connectivity index (χ3v) is 13.8. The first-order valence-corrected chi connectivity index (χ1v) is 25.0. The second kappa shape index (κ2) is 27.5. The zero-order chi connectivity index (χ0) is 55.8. The molecule has 1 aliphatic heterocycles. The van der Waals surface area contributed by atoms with Gasteiger partial charge in [-0.3, -0.25) is 23.9 Å². The lowest BCUT2D eigenvalue weighted by Gasteiger charge is -2.39. The monoisotopic (exact) mass is 1100 g/mol. The molecule has 2 heterocycles. The number of ether oxygens (including phenoxy) is 5. The average molecular weight is 1100 g/mol. The number of rotatable bonds is 26. The van der Waals surface area contributed by atoms with Crippen LogP contribution in [-0.2, 0) is 38.4 Å². The highest BCUT2D eigenvalue weighted by molar-refractivity contribution is 7.44. The summed E-state index contributed by atoms with van der Waals surface area (Å²) in [5, 5.41) is 13.5. The molecule has 4 aromatic rings. The van der Waals surface area contributed by atoms with Gasteiger partial charge in [0.15, 0.2) is 12.3 Å². The van der Waals surface area contributed by atoms with Crippen molar-refractivity contribution in [3.63, 3.8) is 0 Å². The van der Waals surface area contributed by atoms with Gasteiger partial charge in [-0.05, 0) is 81.5 Å². The number of benzene rings is 3. The fraction of sp³-hybridized carbons (Fsp3) is 0.480. The Hall–Kier alpha value is -6.55. The molecule has 3 N–H and O–H groups in total. The number of nitrogens with one attached hydrogen (secondary N) is 3. The topological polar surface area (TPSA) is 225 Å². The van der Waals surface area contributed by atoms with E-state index in [2.05, 4.69) is 10.3 Å². The van der Waals surface area contributed by atoms with E-state index in [1.54, 1.807) is 24.3 Å². The molecule has 0 radical (unpaired) electrons. The molecular weight excluding hydrogens is 1040 g/mol. The highest BCUT2D eigenvalue weighted by atomic mass is 31.2. The molecule has 5 atom stereocenters. The number of nitriles is 1. The predicted molar refractivity (Wildman–Crippen MR) is 263 cm³/mol. The second-order valence-corrected chi connectivity index (χ2v) is 19.0. The molecule has 19 nitrogen and oxygen atoms in total. The van der Waals surface area contributed by atoms with Crippen LogP contribution in [0, 0.1) is 11.3 Å². The predicted octanol–water partition coefficient (Wildman–Crippen LogP) is 7.07. The first-order valence-electron chi connectivity index (χ1n) is 23.9. The van der Waals surface area contributed by atoms with E-state index in [1.807, 2.05) is 93.0 Å². The fourth-order valence-corrected chi connectivity index (χ4v) is 10.1. The normalized spacial score (nSPS) is 17.3. The van der Waals surface area contributed by atoms with Gasteiger partial charge >= 0.3 is 35.9 Å². The molecule has 26 heteroatoms. The minimum absolute atomic E-state index is 0.0401. The molecule has 0 aliphatic carbocycles. The summed E-state index contributed by atoms with van der Waals surface area (Å²) in [6.07, 6.45) is -17.4. The van der Waals surface area contributed by atoms with Gasteiger partial charge in [-0.2, -0.15) is 31.6 Å². The number of alkyl halides is 6. The minimum atomic E-state index is -5.36. The molecule has 0 saturated carbocycles. The van der Waals surface area contributed by atoms with Crippen molar-refractivity contribution in [1.82, 2.24) is 29.8 Å². The number of carbonyl (C=O) groups is 3. The molecule has 414 valence electrons.